The summed E-state index contributed by atoms with van der Waals surface area (Å²) < 4.78 is 6.32. The monoisotopic (exact) mass is 251 g/mol. The molecule has 0 spiro atoms. The second-order valence-corrected chi connectivity index (χ2v) is 4.42. The molecular formula is C11H10BrNO. The Balaban J connectivity index is 2.42. The Morgan fingerprint density at radius 2 is 2.36 bits per heavy atom. The number of benzene rings is 1. The molecule has 1 atom stereocenters. The summed E-state index contributed by atoms with van der Waals surface area (Å²) in [5, 5.41) is 9.22. The Morgan fingerprint density at radius 3 is 2.93 bits per heavy atom. The van der Waals surface area contributed by atoms with Gasteiger partial charge in [-0.1, -0.05) is 28.1 Å². The molecule has 0 bridgehead atoms. The summed E-state index contributed by atoms with van der Waals surface area (Å²) in [6.45, 7) is 1.19. The third-order valence-corrected chi connectivity index (χ3v) is 3.11. The highest BCUT2D eigenvalue weighted by atomic mass is 79.9. The Morgan fingerprint density at radius 1 is 1.50 bits per heavy atom. The van der Waals surface area contributed by atoms with Gasteiger partial charge < -0.3 is 4.74 Å². The van der Waals surface area contributed by atoms with Crippen molar-refractivity contribution in [1.82, 2.24) is 0 Å². The van der Waals surface area contributed by atoms with Crippen molar-refractivity contribution in [3.8, 4) is 6.07 Å². The molecule has 3 heteroatoms. The van der Waals surface area contributed by atoms with Gasteiger partial charge in [0, 0.05) is 11.1 Å². The van der Waals surface area contributed by atoms with Crippen LogP contribution in [0.4, 0.5) is 0 Å². The van der Waals surface area contributed by atoms with Crippen molar-refractivity contribution in [3.05, 3.63) is 34.3 Å². The molecule has 0 N–H and O–H groups in total. The van der Waals surface area contributed by atoms with Crippen LogP contribution < -0.4 is 0 Å². The molecule has 1 saturated heterocycles. The minimum Gasteiger partial charge on any atom is -0.379 e. The van der Waals surface area contributed by atoms with E-state index in [1.807, 2.05) is 24.3 Å². The summed E-state index contributed by atoms with van der Waals surface area (Å²) >= 11 is 3.41. The first kappa shape index (κ1) is 9.70. The van der Waals surface area contributed by atoms with Crippen LogP contribution in [0.2, 0.25) is 0 Å². The fourth-order valence-electron chi connectivity index (χ4n) is 1.73. The lowest BCUT2D eigenvalue weighted by molar-refractivity contribution is 0.186. The van der Waals surface area contributed by atoms with Crippen LogP contribution in [0.25, 0.3) is 0 Å². The molecule has 1 aromatic rings. The van der Waals surface area contributed by atoms with E-state index < -0.39 is 5.41 Å². The third-order valence-electron chi connectivity index (χ3n) is 2.61. The van der Waals surface area contributed by atoms with Gasteiger partial charge in [-0.2, -0.15) is 5.26 Å². The van der Waals surface area contributed by atoms with Gasteiger partial charge in [-0.25, -0.2) is 0 Å². The number of hydrogen-bond donors (Lipinski definition) is 0. The number of halogens is 1. The molecule has 1 fully saturated rings. The maximum atomic E-state index is 9.22. The Bertz CT molecular complexity index is 377. The van der Waals surface area contributed by atoms with Crippen molar-refractivity contribution in [1.29, 1.82) is 5.26 Å². The normalized spacial score (nSPS) is 26.0. The number of nitrogens with zero attached hydrogens (tertiary/aromatic N) is 1. The highest BCUT2D eigenvalue weighted by Crippen LogP contribution is 2.33. The maximum absolute atomic E-state index is 9.22. The van der Waals surface area contributed by atoms with Gasteiger partial charge in [0.1, 0.15) is 5.41 Å². The summed E-state index contributed by atoms with van der Waals surface area (Å²) in [7, 11) is 0. The van der Waals surface area contributed by atoms with Crippen LogP contribution >= 0.6 is 15.9 Å². The van der Waals surface area contributed by atoms with E-state index in [0.717, 1.165) is 16.5 Å². The quantitative estimate of drug-likeness (QED) is 0.769. The summed E-state index contributed by atoms with van der Waals surface area (Å²) in [4.78, 5) is 0. The molecule has 0 amide bonds. The zero-order valence-electron chi connectivity index (χ0n) is 7.66. The van der Waals surface area contributed by atoms with E-state index in [9.17, 15) is 5.26 Å². The average molecular weight is 252 g/mol. The van der Waals surface area contributed by atoms with Gasteiger partial charge in [0.05, 0.1) is 12.7 Å². The van der Waals surface area contributed by atoms with E-state index in [-0.39, 0.29) is 0 Å². The van der Waals surface area contributed by atoms with Gasteiger partial charge in [0.25, 0.3) is 0 Å². The summed E-state index contributed by atoms with van der Waals surface area (Å²) in [6.07, 6.45) is 0.792. The van der Waals surface area contributed by atoms with Crippen LogP contribution in [0.15, 0.2) is 28.7 Å². The smallest absolute Gasteiger partial charge is 0.108 e. The van der Waals surface area contributed by atoms with E-state index in [1.54, 1.807) is 0 Å². The first-order valence-corrected chi connectivity index (χ1v) is 5.31. The molecule has 1 aromatic carbocycles. The molecule has 14 heavy (non-hydrogen) atoms. The predicted molar refractivity (Wildman–Crippen MR) is 56.9 cm³/mol. The third kappa shape index (κ3) is 1.56. The van der Waals surface area contributed by atoms with Crippen molar-refractivity contribution < 1.29 is 4.74 Å². The molecule has 0 radical (unpaired) electrons. The van der Waals surface area contributed by atoms with Crippen molar-refractivity contribution >= 4 is 15.9 Å². The molecule has 1 unspecified atom stereocenters. The molecule has 1 heterocycles. The van der Waals surface area contributed by atoms with Crippen LogP contribution in [-0.2, 0) is 10.2 Å². The van der Waals surface area contributed by atoms with Crippen molar-refractivity contribution in [2.24, 2.45) is 0 Å². The molecule has 2 nitrogen and oxygen atoms in total. The van der Waals surface area contributed by atoms with Gasteiger partial charge >= 0.3 is 0 Å². The van der Waals surface area contributed by atoms with Gasteiger partial charge in [0.15, 0.2) is 0 Å². The maximum Gasteiger partial charge on any atom is 0.108 e. The molecule has 0 aliphatic carbocycles. The number of nitriles is 1. The van der Waals surface area contributed by atoms with Gasteiger partial charge in [-0.3, -0.25) is 0 Å². The zero-order chi connectivity index (χ0) is 10.0. The molecule has 1 aliphatic heterocycles. The Hall–Kier alpha value is -0.850. The zero-order valence-corrected chi connectivity index (χ0v) is 9.25. The lowest BCUT2D eigenvalue weighted by atomic mass is 9.81. The summed E-state index contributed by atoms with van der Waals surface area (Å²) in [5.41, 5.74) is 0.621. The van der Waals surface area contributed by atoms with E-state index in [4.69, 9.17) is 4.74 Å². The van der Waals surface area contributed by atoms with Crippen LogP contribution in [0.1, 0.15) is 12.0 Å². The van der Waals surface area contributed by atoms with E-state index >= 15 is 0 Å². The molecule has 2 rings (SSSR count). The minimum absolute atomic E-state index is 0.427. The van der Waals surface area contributed by atoms with Crippen LogP contribution in [0.5, 0.6) is 0 Å². The van der Waals surface area contributed by atoms with Gasteiger partial charge in [-0.15, -0.1) is 0 Å². The Labute approximate surface area is 91.6 Å². The average Bonchev–Trinajstić information content (AvgIpc) is 2.67. The SMILES string of the molecule is N#CC1(c2cccc(Br)c2)CCOC1. The molecule has 72 valence electrons. The summed E-state index contributed by atoms with van der Waals surface area (Å²) in [5.74, 6) is 0. The molecule has 0 saturated carbocycles. The number of rotatable bonds is 1. The van der Waals surface area contributed by atoms with E-state index in [1.165, 1.54) is 0 Å². The molecular weight excluding hydrogens is 242 g/mol. The number of ether oxygens (including phenoxy) is 1. The fourth-order valence-corrected chi connectivity index (χ4v) is 2.13. The summed E-state index contributed by atoms with van der Waals surface area (Å²) in [6, 6.07) is 10.3. The topological polar surface area (TPSA) is 33.0 Å². The van der Waals surface area contributed by atoms with E-state index in [0.29, 0.717) is 13.2 Å². The van der Waals surface area contributed by atoms with Crippen LogP contribution in [0.3, 0.4) is 0 Å². The van der Waals surface area contributed by atoms with Crippen LogP contribution in [0, 0.1) is 11.3 Å². The first-order chi connectivity index (χ1) is 6.77. The second-order valence-electron chi connectivity index (χ2n) is 3.51. The number of hydrogen-bond acceptors (Lipinski definition) is 2. The van der Waals surface area contributed by atoms with Crippen molar-refractivity contribution in [2.45, 2.75) is 11.8 Å². The fraction of sp³-hybridized carbons (Fsp3) is 0.364. The lowest BCUT2D eigenvalue weighted by Crippen LogP contribution is -2.23. The second kappa shape index (κ2) is 3.72. The van der Waals surface area contributed by atoms with Crippen LogP contribution in [-0.4, -0.2) is 13.2 Å². The van der Waals surface area contributed by atoms with Crippen molar-refractivity contribution in [2.75, 3.05) is 13.2 Å². The highest BCUT2D eigenvalue weighted by Gasteiger charge is 2.36. The van der Waals surface area contributed by atoms with E-state index in [2.05, 4.69) is 22.0 Å². The first-order valence-electron chi connectivity index (χ1n) is 4.52. The van der Waals surface area contributed by atoms with Crippen molar-refractivity contribution in [3.63, 3.8) is 0 Å². The predicted octanol–water partition coefficient (Wildman–Crippen LogP) is 2.63. The standard InChI is InChI=1S/C11H10BrNO/c12-10-3-1-2-9(6-10)11(7-13)4-5-14-8-11/h1-3,6H,4-5,8H2. The lowest BCUT2D eigenvalue weighted by Gasteiger charge is -2.18. The molecule has 0 aromatic heterocycles. The van der Waals surface area contributed by atoms with Gasteiger partial charge in [0.2, 0.25) is 0 Å². The van der Waals surface area contributed by atoms with Gasteiger partial charge in [-0.05, 0) is 24.1 Å². The minimum atomic E-state index is -0.427. The molecule has 1 aliphatic rings. The largest absolute Gasteiger partial charge is 0.379 e. The highest BCUT2D eigenvalue weighted by molar-refractivity contribution is 9.10. The Kier molecular flexibility index (Phi) is 2.58.